The lowest BCUT2D eigenvalue weighted by Gasteiger charge is -2.19. The molecule has 0 fully saturated rings. The summed E-state index contributed by atoms with van der Waals surface area (Å²) < 4.78 is 27.2. The molecule has 1 N–H and O–H groups in total. The van der Waals surface area contributed by atoms with E-state index in [0.717, 1.165) is 0 Å². The van der Waals surface area contributed by atoms with Crippen molar-refractivity contribution >= 4 is 13.7 Å². The first-order valence-corrected chi connectivity index (χ1v) is 7.61. The molecule has 0 saturated carbocycles. The van der Waals surface area contributed by atoms with Crippen LogP contribution in [0.1, 0.15) is 34.1 Å². The van der Waals surface area contributed by atoms with Crippen LogP contribution in [0.25, 0.3) is 0 Å². The number of carbonyl (C=O) groups excluding carboxylic acids is 1. The summed E-state index contributed by atoms with van der Waals surface area (Å²) in [7, 11) is -3.50. The number of rotatable bonds is 9. The summed E-state index contributed by atoms with van der Waals surface area (Å²) in [4.78, 5) is 11.6. The van der Waals surface area contributed by atoms with Crippen LogP contribution in [0.3, 0.4) is 0 Å². The van der Waals surface area contributed by atoms with Gasteiger partial charge in [-0.1, -0.05) is 13.0 Å². The van der Waals surface area contributed by atoms with E-state index in [1.54, 1.807) is 26.8 Å². The molecule has 0 rings (SSSR count). The lowest BCUT2D eigenvalue weighted by molar-refractivity contribution is -0.138. The van der Waals surface area contributed by atoms with Crippen molar-refractivity contribution < 1.29 is 23.1 Å². The molecule has 0 aromatic carbocycles. The summed E-state index contributed by atoms with van der Waals surface area (Å²) in [6.45, 7) is 7.62. The van der Waals surface area contributed by atoms with Crippen LogP contribution in [-0.2, 0) is 23.1 Å². The van der Waals surface area contributed by atoms with E-state index in [9.17, 15) is 9.36 Å². The standard InChI is InChI=1S/C11H22NO5P/c1-5-9-10(11(13)15-6-2)12-18(14,16-7-3)17-8-4/h9H,5-8H2,1-4H3,(H,12,14)/b10-9-. The normalized spacial score (nSPS) is 12.3. The van der Waals surface area contributed by atoms with E-state index >= 15 is 0 Å². The fourth-order valence-corrected chi connectivity index (χ4v) is 2.54. The molecule has 0 saturated heterocycles. The van der Waals surface area contributed by atoms with Crippen molar-refractivity contribution in [1.82, 2.24) is 5.09 Å². The Bertz CT molecular complexity index is 319. The highest BCUT2D eigenvalue weighted by Gasteiger charge is 2.27. The molecule has 106 valence electrons. The first-order valence-electron chi connectivity index (χ1n) is 6.07. The summed E-state index contributed by atoms with van der Waals surface area (Å²) in [6, 6.07) is 0. The van der Waals surface area contributed by atoms with E-state index in [4.69, 9.17) is 13.8 Å². The van der Waals surface area contributed by atoms with Crippen LogP contribution in [-0.4, -0.2) is 25.8 Å². The van der Waals surface area contributed by atoms with Gasteiger partial charge in [0, 0.05) is 0 Å². The smallest absolute Gasteiger partial charge is 0.432 e. The van der Waals surface area contributed by atoms with E-state index in [-0.39, 0.29) is 25.5 Å². The lowest BCUT2D eigenvalue weighted by Crippen LogP contribution is -2.22. The third-order valence-corrected chi connectivity index (χ3v) is 3.47. The molecular weight excluding hydrogens is 257 g/mol. The van der Waals surface area contributed by atoms with Gasteiger partial charge in [0.05, 0.1) is 19.8 Å². The highest BCUT2D eigenvalue weighted by molar-refractivity contribution is 7.51. The van der Waals surface area contributed by atoms with Crippen LogP contribution in [0.15, 0.2) is 11.8 Å². The van der Waals surface area contributed by atoms with Crippen LogP contribution in [0.5, 0.6) is 0 Å². The summed E-state index contributed by atoms with van der Waals surface area (Å²) in [5.74, 6) is -0.570. The molecule has 0 unspecified atom stereocenters. The molecule has 0 aliphatic heterocycles. The quantitative estimate of drug-likeness (QED) is 0.397. The summed E-state index contributed by atoms with van der Waals surface area (Å²) >= 11 is 0. The average Bonchev–Trinajstić information content (AvgIpc) is 2.29. The zero-order valence-electron chi connectivity index (χ0n) is 11.4. The number of ether oxygens (including phenoxy) is 1. The minimum atomic E-state index is -3.50. The molecular formula is C11H22NO5P. The average molecular weight is 279 g/mol. The van der Waals surface area contributed by atoms with E-state index in [2.05, 4.69) is 5.09 Å². The van der Waals surface area contributed by atoms with Gasteiger partial charge in [0.15, 0.2) is 0 Å². The number of carbonyl (C=O) groups is 1. The summed E-state index contributed by atoms with van der Waals surface area (Å²) in [5.41, 5.74) is 0.101. The predicted octanol–water partition coefficient (Wildman–Crippen LogP) is 2.61. The Balaban J connectivity index is 4.88. The topological polar surface area (TPSA) is 73.9 Å². The molecule has 0 amide bonds. The van der Waals surface area contributed by atoms with Crippen LogP contribution >= 0.6 is 7.75 Å². The SMILES string of the molecule is CC/C=C(\NP(=O)(OCC)OCC)C(=O)OCC. The molecule has 0 radical (unpaired) electrons. The molecule has 0 atom stereocenters. The summed E-state index contributed by atoms with van der Waals surface area (Å²) in [6.07, 6.45) is 2.18. The number of hydrogen-bond donors (Lipinski definition) is 1. The fourth-order valence-electron chi connectivity index (χ4n) is 1.18. The van der Waals surface area contributed by atoms with Crippen molar-refractivity contribution in [3.8, 4) is 0 Å². The Kier molecular flexibility index (Phi) is 8.71. The van der Waals surface area contributed by atoms with Gasteiger partial charge >= 0.3 is 13.7 Å². The first-order chi connectivity index (χ1) is 8.52. The monoisotopic (exact) mass is 279 g/mol. The Morgan fingerprint density at radius 2 is 1.67 bits per heavy atom. The van der Waals surface area contributed by atoms with E-state index in [1.165, 1.54) is 0 Å². The maximum atomic E-state index is 12.2. The second kappa shape index (κ2) is 9.14. The second-order valence-corrected chi connectivity index (χ2v) is 4.93. The van der Waals surface area contributed by atoms with Gasteiger partial charge in [-0.05, 0) is 27.2 Å². The molecule has 0 heterocycles. The van der Waals surface area contributed by atoms with E-state index in [1.807, 2.05) is 6.92 Å². The first kappa shape index (κ1) is 17.2. The van der Waals surface area contributed by atoms with Crippen molar-refractivity contribution in [3.05, 3.63) is 11.8 Å². The van der Waals surface area contributed by atoms with E-state index < -0.39 is 13.7 Å². The third-order valence-electron chi connectivity index (χ3n) is 1.76. The zero-order chi connectivity index (χ0) is 14.0. The summed E-state index contributed by atoms with van der Waals surface area (Å²) in [5, 5.41) is 2.52. The molecule has 7 heteroatoms. The molecule has 18 heavy (non-hydrogen) atoms. The van der Waals surface area contributed by atoms with Gasteiger partial charge in [0.25, 0.3) is 0 Å². The van der Waals surface area contributed by atoms with Gasteiger partial charge in [-0.15, -0.1) is 0 Å². The highest BCUT2D eigenvalue weighted by Crippen LogP contribution is 2.44. The van der Waals surface area contributed by atoms with Crippen LogP contribution < -0.4 is 5.09 Å². The van der Waals surface area contributed by atoms with Gasteiger partial charge < -0.3 is 4.74 Å². The number of hydrogen-bond acceptors (Lipinski definition) is 5. The molecule has 0 aromatic heterocycles. The molecule has 0 spiro atoms. The molecule has 0 aliphatic carbocycles. The predicted molar refractivity (Wildman–Crippen MR) is 69.0 cm³/mol. The number of nitrogens with one attached hydrogen (secondary N) is 1. The molecule has 0 aliphatic rings. The minimum absolute atomic E-state index is 0.101. The van der Waals surface area contributed by atoms with E-state index in [0.29, 0.717) is 6.42 Å². The van der Waals surface area contributed by atoms with Crippen molar-refractivity contribution in [2.24, 2.45) is 0 Å². The van der Waals surface area contributed by atoms with Gasteiger partial charge in [-0.25, -0.2) is 9.36 Å². The number of allylic oxidation sites excluding steroid dienone is 1. The van der Waals surface area contributed by atoms with Crippen LogP contribution in [0.4, 0.5) is 0 Å². The molecule has 0 aromatic rings. The maximum Gasteiger partial charge on any atom is 0.432 e. The van der Waals surface area contributed by atoms with Gasteiger partial charge in [0.1, 0.15) is 5.70 Å². The minimum Gasteiger partial charge on any atom is -0.461 e. The lowest BCUT2D eigenvalue weighted by atomic mass is 10.3. The van der Waals surface area contributed by atoms with Crippen molar-refractivity contribution in [3.63, 3.8) is 0 Å². The van der Waals surface area contributed by atoms with Crippen molar-refractivity contribution in [2.45, 2.75) is 34.1 Å². The highest BCUT2D eigenvalue weighted by atomic mass is 31.2. The Labute approximate surface area is 108 Å². The Morgan fingerprint density at radius 1 is 1.11 bits per heavy atom. The number of esters is 1. The van der Waals surface area contributed by atoms with Gasteiger partial charge in [-0.2, -0.15) is 0 Å². The maximum absolute atomic E-state index is 12.2. The van der Waals surface area contributed by atoms with Crippen LogP contribution in [0, 0.1) is 0 Å². The third kappa shape index (κ3) is 6.19. The van der Waals surface area contributed by atoms with Gasteiger partial charge in [-0.3, -0.25) is 14.1 Å². The molecule has 6 nitrogen and oxygen atoms in total. The Morgan fingerprint density at radius 3 is 2.06 bits per heavy atom. The largest absolute Gasteiger partial charge is 0.461 e. The van der Waals surface area contributed by atoms with Crippen molar-refractivity contribution in [1.29, 1.82) is 0 Å². The van der Waals surface area contributed by atoms with Crippen molar-refractivity contribution in [2.75, 3.05) is 19.8 Å². The fraction of sp³-hybridized carbons (Fsp3) is 0.727. The second-order valence-electron chi connectivity index (χ2n) is 3.19. The molecule has 0 bridgehead atoms. The Hall–Kier alpha value is -0.840. The van der Waals surface area contributed by atoms with Crippen LogP contribution in [0.2, 0.25) is 0 Å². The zero-order valence-corrected chi connectivity index (χ0v) is 12.3. The van der Waals surface area contributed by atoms with Gasteiger partial charge in [0.2, 0.25) is 0 Å².